The molecule has 0 spiro atoms. The molecule has 0 atom stereocenters. The van der Waals surface area contributed by atoms with E-state index in [-0.39, 0.29) is 10.6 Å². The molecule has 2 aromatic rings. The first-order valence-corrected chi connectivity index (χ1v) is 8.08. The number of carboxylic acids is 1. The summed E-state index contributed by atoms with van der Waals surface area (Å²) in [6.45, 7) is 6.16. The maximum atomic E-state index is 10.9. The third-order valence-corrected chi connectivity index (χ3v) is 3.94. The summed E-state index contributed by atoms with van der Waals surface area (Å²) >= 11 is 5.79. The van der Waals surface area contributed by atoms with Crippen LogP contribution in [0.15, 0.2) is 47.6 Å². The number of rotatable bonds is 7. The number of benzene rings is 2. The molecular weight excluding hydrogens is 326 g/mol. The average molecular weight is 345 g/mol. The predicted octanol–water partition coefficient (Wildman–Crippen LogP) is 3.00. The molecule has 0 fully saturated rings. The summed E-state index contributed by atoms with van der Waals surface area (Å²) in [7, 11) is 0. The van der Waals surface area contributed by atoms with Crippen molar-refractivity contribution < 1.29 is 9.90 Å². The lowest BCUT2D eigenvalue weighted by Gasteiger charge is -2.20. The molecule has 0 aliphatic carbocycles. The van der Waals surface area contributed by atoms with Gasteiger partial charge in [0.05, 0.1) is 17.9 Å². The number of carbonyl (C=O) groups excluding carboxylic acids is 1. The van der Waals surface area contributed by atoms with Gasteiger partial charge in [-0.25, -0.2) is 0 Å². The number of carboxylic acid groups (broad SMARTS) is 1. The predicted molar refractivity (Wildman–Crippen MR) is 97.0 cm³/mol. The number of aromatic carboxylic acids is 1. The molecule has 0 unspecified atom stereocenters. The standard InChI is InChI=1S/C18H20ClN3O2/c1-3-22(4-2)15-8-5-13(6-9-15)12-20-21-14-7-10-17(19)16(11-14)18(23)24/h5-12,21H,3-4H2,1-2H3,(H,23,24)/p-1/b20-12-. The van der Waals surface area contributed by atoms with Gasteiger partial charge in [-0.05, 0) is 49.7 Å². The van der Waals surface area contributed by atoms with Crippen molar-refractivity contribution in [3.63, 3.8) is 0 Å². The van der Waals surface area contributed by atoms with E-state index >= 15 is 0 Å². The normalized spacial score (nSPS) is 10.8. The van der Waals surface area contributed by atoms with Crippen molar-refractivity contribution in [2.24, 2.45) is 5.10 Å². The number of carbonyl (C=O) groups is 1. The molecule has 0 bridgehead atoms. The van der Waals surface area contributed by atoms with Gasteiger partial charge in [-0.15, -0.1) is 0 Å². The van der Waals surface area contributed by atoms with Crippen LogP contribution >= 0.6 is 11.6 Å². The van der Waals surface area contributed by atoms with E-state index in [0.717, 1.165) is 18.7 Å². The second-order valence-corrected chi connectivity index (χ2v) is 5.52. The van der Waals surface area contributed by atoms with Gasteiger partial charge in [-0.2, -0.15) is 5.10 Å². The van der Waals surface area contributed by atoms with Crippen molar-refractivity contribution in [2.45, 2.75) is 13.8 Å². The van der Waals surface area contributed by atoms with Gasteiger partial charge in [0.2, 0.25) is 0 Å². The zero-order chi connectivity index (χ0) is 17.5. The Morgan fingerprint density at radius 3 is 2.46 bits per heavy atom. The van der Waals surface area contributed by atoms with E-state index in [1.165, 1.54) is 17.8 Å². The third kappa shape index (κ3) is 4.49. The van der Waals surface area contributed by atoms with Crippen LogP contribution in [0.3, 0.4) is 0 Å². The minimum absolute atomic E-state index is 0.0690. The van der Waals surface area contributed by atoms with Gasteiger partial charge in [-0.1, -0.05) is 23.7 Å². The number of hydrogen-bond acceptors (Lipinski definition) is 5. The maximum absolute atomic E-state index is 10.9. The van der Waals surface area contributed by atoms with E-state index in [1.54, 1.807) is 12.3 Å². The molecule has 0 aromatic heterocycles. The molecular formula is C18H19ClN3O2-. The van der Waals surface area contributed by atoms with Gasteiger partial charge < -0.3 is 14.8 Å². The van der Waals surface area contributed by atoms with Crippen LogP contribution in [0.25, 0.3) is 0 Å². The summed E-state index contributed by atoms with van der Waals surface area (Å²) in [6.07, 6.45) is 1.67. The number of nitrogens with one attached hydrogen (secondary N) is 1. The van der Waals surface area contributed by atoms with Crippen molar-refractivity contribution in [3.05, 3.63) is 58.6 Å². The Kier molecular flexibility index (Phi) is 6.21. The fourth-order valence-corrected chi connectivity index (χ4v) is 2.49. The van der Waals surface area contributed by atoms with Crippen LogP contribution in [0.2, 0.25) is 5.02 Å². The lowest BCUT2D eigenvalue weighted by molar-refractivity contribution is -0.255. The molecule has 24 heavy (non-hydrogen) atoms. The molecule has 5 nitrogen and oxygen atoms in total. The van der Waals surface area contributed by atoms with Crippen molar-refractivity contribution >= 4 is 35.2 Å². The number of hydrazone groups is 1. The molecule has 0 saturated heterocycles. The molecule has 0 saturated carbocycles. The lowest BCUT2D eigenvalue weighted by Crippen LogP contribution is -2.22. The van der Waals surface area contributed by atoms with Crippen LogP contribution in [0.4, 0.5) is 11.4 Å². The molecule has 0 radical (unpaired) electrons. The van der Waals surface area contributed by atoms with E-state index in [2.05, 4.69) is 29.3 Å². The Balaban J connectivity index is 2.04. The van der Waals surface area contributed by atoms with Crippen LogP contribution in [-0.4, -0.2) is 25.3 Å². The molecule has 0 aliphatic rings. The van der Waals surface area contributed by atoms with Crippen LogP contribution in [0.1, 0.15) is 29.8 Å². The fraction of sp³-hybridized carbons (Fsp3) is 0.222. The molecule has 1 N–H and O–H groups in total. The monoisotopic (exact) mass is 344 g/mol. The van der Waals surface area contributed by atoms with E-state index in [4.69, 9.17) is 11.6 Å². The summed E-state index contributed by atoms with van der Waals surface area (Å²) in [4.78, 5) is 13.2. The van der Waals surface area contributed by atoms with E-state index in [1.807, 2.05) is 24.3 Å². The first kappa shape index (κ1) is 17.8. The van der Waals surface area contributed by atoms with Gasteiger partial charge in [0.15, 0.2) is 0 Å². The Hall–Kier alpha value is -2.53. The molecule has 126 valence electrons. The lowest BCUT2D eigenvalue weighted by atomic mass is 10.2. The van der Waals surface area contributed by atoms with Gasteiger partial charge in [0, 0.05) is 29.4 Å². The summed E-state index contributed by atoms with van der Waals surface area (Å²) in [5.74, 6) is -1.32. The number of nitrogens with zero attached hydrogens (tertiary/aromatic N) is 2. The largest absolute Gasteiger partial charge is 0.545 e. The van der Waals surface area contributed by atoms with E-state index < -0.39 is 5.97 Å². The Labute approximate surface area is 146 Å². The van der Waals surface area contributed by atoms with Crippen molar-refractivity contribution in [2.75, 3.05) is 23.4 Å². The number of hydrogen-bond donors (Lipinski definition) is 1. The average Bonchev–Trinajstić information content (AvgIpc) is 2.58. The van der Waals surface area contributed by atoms with Crippen LogP contribution in [0, 0.1) is 0 Å². The zero-order valence-corrected chi connectivity index (χ0v) is 14.4. The van der Waals surface area contributed by atoms with Gasteiger partial charge in [0.1, 0.15) is 0 Å². The molecule has 0 heterocycles. The SMILES string of the molecule is CCN(CC)c1ccc(/C=N\Nc2ccc(Cl)c(C(=O)[O-])c2)cc1. The van der Waals surface area contributed by atoms with Crippen molar-refractivity contribution in [1.29, 1.82) is 0 Å². The highest BCUT2D eigenvalue weighted by atomic mass is 35.5. The minimum Gasteiger partial charge on any atom is -0.545 e. The van der Waals surface area contributed by atoms with Gasteiger partial charge in [0.25, 0.3) is 0 Å². The van der Waals surface area contributed by atoms with Crippen LogP contribution < -0.4 is 15.4 Å². The quantitative estimate of drug-likeness (QED) is 0.619. The minimum atomic E-state index is -1.32. The van der Waals surface area contributed by atoms with Gasteiger partial charge >= 0.3 is 0 Å². The molecule has 2 aromatic carbocycles. The zero-order valence-electron chi connectivity index (χ0n) is 13.6. The van der Waals surface area contributed by atoms with E-state index in [0.29, 0.717) is 5.69 Å². The highest BCUT2D eigenvalue weighted by Gasteiger charge is 2.03. The topological polar surface area (TPSA) is 67.8 Å². The fourth-order valence-electron chi connectivity index (χ4n) is 2.29. The molecule has 0 amide bonds. The molecule has 6 heteroatoms. The summed E-state index contributed by atoms with van der Waals surface area (Å²) < 4.78 is 0. The van der Waals surface area contributed by atoms with Crippen LogP contribution in [-0.2, 0) is 0 Å². The van der Waals surface area contributed by atoms with Crippen LogP contribution in [0.5, 0.6) is 0 Å². The maximum Gasteiger partial charge on any atom is 0.0731 e. The first-order valence-electron chi connectivity index (χ1n) is 7.70. The first-order chi connectivity index (χ1) is 11.5. The second-order valence-electron chi connectivity index (χ2n) is 5.12. The highest BCUT2D eigenvalue weighted by Crippen LogP contribution is 2.20. The Morgan fingerprint density at radius 1 is 1.21 bits per heavy atom. The number of halogens is 1. The molecule has 2 rings (SSSR count). The summed E-state index contributed by atoms with van der Waals surface area (Å²) in [5, 5.41) is 15.2. The smallest absolute Gasteiger partial charge is 0.0731 e. The number of anilines is 2. The van der Waals surface area contributed by atoms with Crippen molar-refractivity contribution in [3.8, 4) is 0 Å². The third-order valence-electron chi connectivity index (χ3n) is 3.62. The molecule has 0 aliphatic heterocycles. The van der Waals surface area contributed by atoms with E-state index in [9.17, 15) is 9.90 Å². The van der Waals surface area contributed by atoms with Crippen molar-refractivity contribution in [1.82, 2.24) is 0 Å². The second kappa shape index (κ2) is 8.36. The Bertz CT molecular complexity index is 726. The summed E-state index contributed by atoms with van der Waals surface area (Å²) in [5.41, 5.74) is 5.34. The van der Waals surface area contributed by atoms with Gasteiger partial charge in [-0.3, -0.25) is 5.43 Å². The highest BCUT2D eigenvalue weighted by molar-refractivity contribution is 6.33. The Morgan fingerprint density at radius 2 is 1.88 bits per heavy atom. The summed E-state index contributed by atoms with van der Waals surface area (Å²) in [6, 6.07) is 12.6.